The van der Waals surface area contributed by atoms with Crippen LogP contribution < -0.4 is 0 Å². The van der Waals surface area contributed by atoms with Crippen LogP contribution in [0.3, 0.4) is 0 Å². The van der Waals surface area contributed by atoms with E-state index >= 15 is 0 Å². The molecule has 19 heavy (non-hydrogen) atoms. The summed E-state index contributed by atoms with van der Waals surface area (Å²) in [6, 6.07) is -1.06. The fraction of sp³-hybridized carbons (Fsp3) is 0.778. The van der Waals surface area contributed by atoms with Gasteiger partial charge in [-0.25, -0.2) is 9.19 Å². The lowest BCUT2D eigenvalue weighted by Gasteiger charge is -2.27. The number of piperidine rings is 1. The highest BCUT2D eigenvalue weighted by Crippen LogP contribution is 2.30. The average molecular weight is 309 g/mol. The van der Waals surface area contributed by atoms with E-state index in [0.717, 1.165) is 10.8 Å². The summed E-state index contributed by atoms with van der Waals surface area (Å²) in [4.78, 5) is 13.5. The Labute approximate surface area is 115 Å². The predicted molar refractivity (Wildman–Crippen MR) is 70.0 cm³/mol. The maximum atomic E-state index is 12.0. The zero-order valence-corrected chi connectivity index (χ0v) is 11.9. The molecule has 0 aliphatic carbocycles. The third-order valence-corrected chi connectivity index (χ3v) is 3.86. The van der Waals surface area contributed by atoms with Gasteiger partial charge in [-0.3, -0.25) is 4.55 Å². The molecule has 0 saturated carbocycles. The van der Waals surface area contributed by atoms with Gasteiger partial charge in [-0.2, -0.15) is 13.5 Å². The van der Waals surface area contributed by atoms with Gasteiger partial charge in [0.2, 0.25) is 0 Å². The van der Waals surface area contributed by atoms with Crippen molar-refractivity contribution in [3.63, 3.8) is 0 Å². The first-order valence-corrected chi connectivity index (χ1v) is 8.15. The van der Waals surface area contributed by atoms with Crippen molar-refractivity contribution in [2.24, 2.45) is 4.40 Å². The van der Waals surface area contributed by atoms with Crippen molar-refractivity contribution in [3.05, 3.63) is 0 Å². The number of carbonyl (C=O) groups excluding carboxylic acids is 1. The number of amides is 2. The molecule has 1 N–H and O–H groups in total. The van der Waals surface area contributed by atoms with Crippen LogP contribution in [-0.2, 0) is 14.7 Å². The summed E-state index contributed by atoms with van der Waals surface area (Å²) >= 11 is 1.39. The van der Waals surface area contributed by atoms with Crippen molar-refractivity contribution in [3.8, 4) is 0 Å². The van der Waals surface area contributed by atoms with E-state index in [9.17, 15) is 13.2 Å². The fourth-order valence-corrected chi connectivity index (χ4v) is 2.97. The first-order valence-electron chi connectivity index (χ1n) is 5.84. The van der Waals surface area contributed by atoms with E-state index in [-0.39, 0.29) is 12.1 Å². The molecular weight excluding hydrogens is 294 g/mol. The Morgan fingerprint density at radius 1 is 1.58 bits per heavy atom. The van der Waals surface area contributed by atoms with Crippen molar-refractivity contribution >= 4 is 34.6 Å². The molecule has 0 aromatic rings. The number of carbonyl (C=O) groups is 1. The predicted octanol–water partition coefficient (Wildman–Crippen LogP) is 0.728. The zero-order chi connectivity index (χ0) is 14.0. The number of rotatable bonds is 5. The molecule has 2 rings (SSSR count). The second kappa shape index (κ2) is 5.65. The van der Waals surface area contributed by atoms with Gasteiger partial charge in [-0.05, 0) is 24.8 Å². The van der Waals surface area contributed by atoms with Crippen LogP contribution >= 0.6 is 11.9 Å². The molecule has 2 bridgehead atoms. The molecule has 2 saturated heterocycles. The summed E-state index contributed by atoms with van der Waals surface area (Å²) in [5.41, 5.74) is 0. The standard InChI is InChI=1S/C9H15N3O5S2/c1-2-18-10-5-7-3-4-8-6-11(7)9(13)12(8)17-19(14,15)16/h5,7-8H,2-4,6H2,1H3,(H,14,15,16)/t7-,8+/m0/s1. The highest BCUT2D eigenvalue weighted by Gasteiger charge is 2.46. The molecule has 2 fully saturated rings. The number of hydroxylamine groups is 2. The van der Waals surface area contributed by atoms with Gasteiger partial charge < -0.3 is 4.90 Å². The maximum absolute atomic E-state index is 12.0. The lowest BCUT2D eigenvalue weighted by atomic mass is 10.0. The lowest BCUT2D eigenvalue weighted by Crippen LogP contribution is -2.40. The van der Waals surface area contributed by atoms with Crippen LogP contribution in [0.5, 0.6) is 0 Å². The Morgan fingerprint density at radius 2 is 2.32 bits per heavy atom. The quantitative estimate of drug-likeness (QED) is 0.456. The van der Waals surface area contributed by atoms with E-state index in [0.29, 0.717) is 19.4 Å². The van der Waals surface area contributed by atoms with Gasteiger partial charge in [-0.15, -0.1) is 4.28 Å². The lowest BCUT2D eigenvalue weighted by molar-refractivity contribution is -0.0316. The summed E-state index contributed by atoms with van der Waals surface area (Å²) in [6.45, 7) is 2.35. The molecule has 108 valence electrons. The van der Waals surface area contributed by atoms with E-state index in [1.807, 2.05) is 6.92 Å². The first-order chi connectivity index (χ1) is 8.92. The minimum atomic E-state index is -4.68. The van der Waals surface area contributed by atoms with Gasteiger partial charge in [-0.1, -0.05) is 6.92 Å². The van der Waals surface area contributed by atoms with Gasteiger partial charge >= 0.3 is 16.4 Å². The molecule has 10 heteroatoms. The molecule has 0 unspecified atom stereocenters. The van der Waals surface area contributed by atoms with Crippen LogP contribution in [-0.4, -0.2) is 59.6 Å². The number of hydrogen-bond donors (Lipinski definition) is 1. The van der Waals surface area contributed by atoms with Crippen LogP contribution in [0.25, 0.3) is 0 Å². The van der Waals surface area contributed by atoms with E-state index in [4.69, 9.17) is 4.55 Å². The van der Waals surface area contributed by atoms with E-state index < -0.39 is 16.4 Å². The van der Waals surface area contributed by atoms with Crippen LogP contribution in [0.1, 0.15) is 19.8 Å². The van der Waals surface area contributed by atoms with Crippen molar-refractivity contribution in [1.29, 1.82) is 0 Å². The number of nitrogens with zero attached hydrogens (tertiary/aromatic N) is 3. The first kappa shape index (κ1) is 14.6. The average Bonchev–Trinajstić information content (AvgIpc) is 2.56. The Balaban J connectivity index is 2.07. The largest absolute Gasteiger partial charge is 0.418 e. The number of fused-ring (bicyclic) bond motifs is 2. The second-order valence-corrected chi connectivity index (χ2v) is 6.28. The molecular formula is C9H15N3O5S2. The van der Waals surface area contributed by atoms with Crippen LogP contribution in [0.4, 0.5) is 4.79 Å². The van der Waals surface area contributed by atoms with Gasteiger partial charge in [0.15, 0.2) is 0 Å². The molecule has 2 heterocycles. The molecule has 2 amide bonds. The zero-order valence-electron chi connectivity index (χ0n) is 10.3. The summed E-state index contributed by atoms with van der Waals surface area (Å²) in [5, 5.41) is 0.732. The second-order valence-electron chi connectivity index (χ2n) is 4.23. The van der Waals surface area contributed by atoms with Gasteiger partial charge in [0.25, 0.3) is 0 Å². The normalized spacial score (nSPS) is 27.6. The molecule has 0 aromatic carbocycles. The molecule has 0 aromatic heterocycles. The van der Waals surface area contributed by atoms with Crippen molar-refractivity contribution in [2.75, 3.05) is 12.3 Å². The Hall–Kier alpha value is -0.840. The smallest absolute Gasteiger partial charge is 0.313 e. The topological polar surface area (TPSA) is 99.5 Å². The number of hydrogen-bond acceptors (Lipinski definition) is 6. The van der Waals surface area contributed by atoms with E-state index in [2.05, 4.69) is 8.68 Å². The van der Waals surface area contributed by atoms with Gasteiger partial charge in [0.05, 0.1) is 12.1 Å². The molecule has 8 nitrogen and oxygen atoms in total. The Bertz CT molecular complexity index is 480. The highest BCUT2D eigenvalue weighted by atomic mass is 32.3. The fourth-order valence-electron chi connectivity index (χ4n) is 2.20. The third-order valence-electron chi connectivity index (χ3n) is 2.98. The van der Waals surface area contributed by atoms with Crippen molar-refractivity contribution in [1.82, 2.24) is 9.96 Å². The van der Waals surface area contributed by atoms with Crippen molar-refractivity contribution in [2.45, 2.75) is 31.8 Å². The summed E-state index contributed by atoms with van der Waals surface area (Å²) in [7, 11) is -4.68. The summed E-state index contributed by atoms with van der Waals surface area (Å²) in [6.07, 6.45) is 2.99. The SMILES string of the molecule is CCSN=C[C@@H]1CC[C@@H]2CN1C(=O)N2OS(=O)(=O)O. The van der Waals surface area contributed by atoms with Crippen LogP contribution in [0, 0.1) is 0 Å². The maximum Gasteiger partial charge on any atom is 0.418 e. The Kier molecular flexibility index (Phi) is 4.33. The molecule has 2 aliphatic rings. The highest BCUT2D eigenvalue weighted by molar-refractivity contribution is 7.98. The number of urea groups is 1. The molecule has 0 radical (unpaired) electrons. The van der Waals surface area contributed by atoms with E-state index in [1.165, 1.54) is 16.8 Å². The van der Waals surface area contributed by atoms with Crippen molar-refractivity contribution < 1.29 is 22.0 Å². The Morgan fingerprint density at radius 3 is 2.95 bits per heavy atom. The van der Waals surface area contributed by atoms with Gasteiger partial charge in [0.1, 0.15) is 0 Å². The molecule has 0 spiro atoms. The summed E-state index contributed by atoms with van der Waals surface area (Å²) < 4.78 is 38.5. The van der Waals surface area contributed by atoms with Gasteiger partial charge in [0, 0.05) is 18.5 Å². The third kappa shape index (κ3) is 3.38. The molecule has 2 atom stereocenters. The monoisotopic (exact) mass is 309 g/mol. The minimum Gasteiger partial charge on any atom is -0.313 e. The molecule has 2 aliphatic heterocycles. The minimum absolute atomic E-state index is 0.155. The van der Waals surface area contributed by atoms with E-state index in [1.54, 1.807) is 6.21 Å². The van der Waals surface area contributed by atoms with Crippen LogP contribution in [0.2, 0.25) is 0 Å². The summed E-state index contributed by atoms with van der Waals surface area (Å²) in [5.74, 6) is 0.845. The van der Waals surface area contributed by atoms with Crippen LogP contribution in [0.15, 0.2) is 4.40 Å².